The monoisotopic (exact) mass is 276 g/mol. The van der Waals surface area contributed by atoms with E-state index in [1.54, 1.807) is 6.07 Å². The van der Waals surface area contributed by atoms with E-state index >= 15 is 0 Å². The van der Waals surface area contributed by atoms with E-state index in [1.807, 2.05) is 19.1 Å². The van der Waals surface area contributed by atoms with E-state index < -0.39 is 0 Å². The zero-order valence-corrected chi connectivity index (χ0v) is 12.2. The van der Waals surface area contributed by atoms with Crippen molar-refractivity contribution in [3.05, 3.63) is 23.8 Å². The Kier molecular flexibility index (Phi) is 3.88. The van der Waals surface area contributed by atoms with E-state index in [0.717, 1.165) is 17.7 Å². The number of hydrogen-bond acceptors (Lipinski definition) is 3. The summed E-state index contributed by atoms with van der Waals surface area (Å²) >= 11 is 0. The molecule has 3 heteroatoms. The molecule has 1 aliphatic carbocycles. The number of ether oxygens (including phenoxy) is 2. The van der Waals surface area contributed by atoms with Crippen LogP contribution in [0.2, 0.25) is 0 Å². The first kappa shape index (κ1) is 13.7. The van der Waals surface area contributed by atoms with Crippen molar-refractivity contribution < 1.29 is 14.6 Å². The van der Waals surface area contributed by atoms with Gasteiger partial charge in [0, 0.05) is 5.56 Å². The predicted molar refractivity (Wildman–Crippen MR) is 78.3 cm³/mol. The van der Waals surface area contributed by atoms with Gasteiger partial charge in [-0.2, -0.15) is 0 Å². The lowest BCUT2D eigenvalue weighted by molar-refractivity contribution is -0.0749. The quantitative estimate of drug-likeness (QED) is 0.908. The highest BCUT2D eigenvalue weighted by atomic mass is 16.6. The third kappa shape index (κ3) is 2.78. The molecule has 1 atom stereocenters. The molecule has 1 saturated carbocycles. The first-order valence-electron chi connectivity index (χ1n) is 7.78. The zero-order chi connectivity index (χ0) is 14.0. The highest BCUT2D eigenvalue weighted by Gasteiger charge is 2.40. The van der Waals surface area contributed by atoms with E-state index in [2.05, 4.69) is 0 Å². The van der Waals surface area contributed by atoms with Gasteiger partial charge in [0.1, 0.15) is 18.1 Å². The van der Waals surface area contributed by atoms with Gasteiger partial charge in [0.25, 0.3) is 0 Å². The summed E-state index contributed by atoms with van der Waals surface area (Å²) in [5.74, 6) is 1.05. The smallest absolute Gasteiger partial charge is 0.126 e. The van der Waals surface area contributed by atoms with Gasteiger partial charge in [-0.05, 0) is 44.7 Å². The summed E-state index contributed by atoms with van der Waals surface area (Å²) in [6.07, 6.45) is 8.88. The molecule has 1 aliphatic heterocycles. The van der Waals surface area contributed by atoms with Gasteiger partial charge in [0.15, 0.2) is 0 Å². The fourth-order valence-corrected chi connectivity index (χ4v) is 3.52. The predicted octanol–water partition coefficient (Wildman–Crippen LogP) is 3.96. The van der Waals surface area contributed by atoms with Crippen molar-refractivity contribution in [3.8, 4) is 11.5 Å². The summed E-state index contributed by atoms with van der Waals surface area (Å²) < 4.78 is 12.1. The second-order valence-corrected chi connectivity index (χ2v) is 6.23. The van der Waals surface area contributed by atoms with Crippen LogP contribution in [-0.4, -0.2) is 23.4 Å². The molecule has 0 amide bonds. The summed E-state index contributed by atoms with van der Waals surface area (Å²) in [6.45, 7) is 2.47. The van der Waals surface area contributed by atoms with Crippen molar-refractivity contribution in [2.24, 2.45) is 0 Å². The van der Waals surface area contributed by atoms with E-state index in [0.29, 0.717) is 12.4 Å². The Morgan fingerprint density at radius 2 is 2.05 bits per heavy atom. The average Bonchev–Trinajstić information content (AvgIpc) is 2.84. The van der Waals surface area contributed by atoms with Crippen LogP contribution >= 0.6 is 0 Å². The molecule has 1 saturated heterocycles. The molecule has 2 aliphatic rings. The first-order chi connectivity index (χ1) is 9.69. The molecule has 1 aromatic rings. The molecular formula is C17H24O3. The highest BCUT2D eigenvalue weighted by Crippen LogP contribution is 2.42. The van der Waals surface area contributed by atoms with Gasteiger partial charge >= 0.3 is 0 Å². The minimum atomic E-state index is 0.153. The Morgan fingerprint density at radius 1 is 1.25 bits per heavy atom. The second kappa shape index (κ2) is 5.65. The van der Waals surface area contributed by atoms with Crippen molar-refractivity contribution in [1.82, 2.24) is 0 Å². The van der Waals surface area contributed by atoms with Crippen LogP contribution in [0.15, 0.2) is 18.2 Å². The molecule has 2 fully saturated rings. The van der Waals surface area contributed by atoms with Gasteiger partial charge in [-0.3, -0.25) is 0 Å². The van der Waals surface area contributed by atoms with E-state index in [1.165, 1.54) is 38.5 Å². The molecule has 0 aromatic heterocycles. The van der Waals surface area contributed by atoms with Crippen molar-refractivity contribution in [2.45, 2.75) is 63.6 Å². The van der Waals surface area contributed by atoms with Gasteiger partial charge in [0.2, 0.25) is 0 Å². The Bertz CT molecular complexity index is 463. The van der Waals surface area contributed by atoms with E-state index in [9.17, 15) is 5.11 Å². The Hall–Kier alpha value is -1.22. The molecule has 1 unspecified atom stereocenters. The van der Waals surface area contributed by atoms with E-state index in [-0.39, 0.29) is 11.7 Å². The van der Waals surface area contributed by atoms with Crippen LogP contribution in [0, 0.1) is 6.92 Å². The topological polar surface area (TPSA) is 38.7 Å². The lowest BCUT2D eigenvalue weighted by Gasteiger charge is -2.33. The van der Waals surface area contributed by atoms with Crippen LogP contribution in [0.4, 0.5) is 0 Å². The summed E-state index contributed by atoms with van der Waals surface area (Å²) in [6, 6.07) is 5.40. The summed E-state index contributed by atoms with van der Waals surface area (Å²) in [4.78, 5) is 0. The minimum Gasteiger partial charge on any atom is -0.508 e. The van der Waals surface area contributed by atoms with Crippen molar-refractivity contribution in [3.63, 3.8) is 0 Å². The first-order valence-corrected chi connectivity index (χ1v) is 7.78. The highest BCUT2D eigenvalue weighted by molar-refractivity contribution is 5.42. The van der Waals surface area contributed by atoms with Gasteiger partial charge < -0.3 is 14.6 Å². The van der Waals surface area contributed by atoms with Crippen molar-refractivity contribution in [1.29, 1.82) is 0 Å². The molecule has 20 heavy (non-hydrogen) atoms. The van der Waals surface area contributed by atoms with Crippen molar-refractivity contribution >= 4 is 0 Å². The third-order valence-corrected chi connectivity index (χ3v) is 4.78. The number of phenolic OH excluding ortho intramolecular Hbond substituents is 1. The van der Waals surface area contributed by atoms with Gasteiger partial charge in [-0.1, -0.05) is 25.3 Å². The molecule has 110 valence electrons. The number of rotatable bonds is 3. The molecule has 0 bridgehead atoms. The Morgan fingerprint density at radius 3 is 2.85 bits per heavy atom. The minimum absolute atomic E-state index is 0.153. The fourth-order valence-electron chi connectivity index (χ4n) is 3.52. The molecule has 1 aromatic carbocycles. The zero-order valence-electron chi connectivity index (χ0n) is 12.2. The second-order valence-electron chi connectivity index (χ2n) is 6.23. The van der Waals surface area contributed by atoms with E-state index in [4.69, 9.17) is 9.47 Å². The summed E-state index contributed by atoms with van der Waals surface area (Å²) in [7, 11) is 0. The normalized spacial score (nSPS) is 24.9. The van der Waals surface area contributed by atoms with Gasteiger partial charge in [0.05, 0.1) is 11.7 Å². The van der Waals surface area contributed by atoms with Crippen LogP contribution < -0.4 is 4.74 Å². The van der Waals surface area contributed by atoms with Crippen LogP contribution in [0.3, 0.4) is 0 Å². The molecule has 3 rings (SSSR count). The lowest BCUT2D eigenvalue weighted by Crippen LogP contribution is -2.32. The van der Waals surface area contributed by atoms with Crippen LogP contribution in [0.1, 0.15) is 50.5 Å². The average molecular weight is 276 g/mol. The van der Waals surface area contributed by atoms with Crippen LogP contribution in [0.25, 0.3) is 0 Å². The molecule has 1 heterocycles. The Labute approximate surface area is 120 Å². The third-order valence-electron chi connectivity index (χ3n) is 4.78. The molecule has 1 N–H and O–H groups in total. The molecule has 3 nitrogen and oxygen atoms in total. The largest absolute Gasteiger partial charge is 0.508 e. The van der Waals surface area contributed by atoms with Crippen molar-refractivity contribution in [2.75, 3.05) is 6.61 Å². The summed E-state index contributed by atoms with van der Waals surface area (Å²) in [5.41, 5.74) is 0.957. The fraction of sp³-hybridized carbons (Fsp3) is 0.647. The lowest BCUT2D eigenvalue weighted by atomic mass is 9.83. The Balaban J connectivity index is 1.56. The number of hydrogen-bond donors (Lipinski definition) is 1. The van der Waals surface area contributed by atoms with Gasteiger partial charge in [-0.25, -0.2) is 0 Å². The SMILES string of the molecule is Cc1c(O)cccc1OCC1CCC2(CCCCC2)O1. The van der Waals surface area contributed by atoms with Crippen LogP contribution in [-0.2, 0) is 4.74 Å². The molecule has 1 spiro atoms. The standard InChI is InChI=1S/C17H24O3/c1-13-15(18)6-5-7-16(13)19-12-14-8-11-17(20-14)9-3-2-4-10-17/h5-7,14,18H,2-4,8-12H2,1H3. The maximum absolute atomic E-state index is 9.68. The molecule has 0 radical (unpaired) electrons. The number of phenols is 1. The maximum atomic E-state index is 9.68. The van der Waals surface area contributed by atoms with Gasteiger partial charge in [-0.15, -0.1) is 0 Å². The number of benzene rings is 1. The summed E-state index contributed by atoms with van der Waals surface area (Å²) in [5, 5.41) is 9.68. The van der Waals surface area contributed by atoms with Crippen LogP contribution in [0.5, 0.6) is 11.5 Å². The molecular weight excluding hydrogens is 252 g/mol. The maximum Gasteiger partial charge on any atom is 0.126 e. The number of aromatic hydroxyl groups is 1.